The van der Waals surface area contributed by atoms with Crippen molar-refractivity contribution in [2.45, 2.75) is 6.04 Å². The van der Waals surface area contributed by atoms with Gasteiger partial charge >= 0.3 is 5.69 Å². The van der Waals surface area contributed by atoms with Gasteiger partial charge in [-0.25, -0.2) is 4.79 Å². The van der Waals surface area contributed by atoms with Crippen LogP contribution in [0.5, 0.6) is 5.88 Å². The maximum absolute atomic E-state index is 13.5. The molecular formula is C23H25N4O5+. The van der Waals surface area contributed by atoms with Gasteiger partial charge in [-0.05, 0) is 0 Å². The Balaban J connectivity index is 1.86. The molecule has 1 aromatic carbocycles. The smallest absolute Gasteiger partial charge is 0.333 e. The van der Waals surface area contributed by atoms with Crippen molar-refractivity contribution in [3.63, 3.8) is 0 Å². The van der Waals surface area contributed by atoms with Crippen LogP contribution in [-0.4, -0.2) is 46.3 Å². The maximum Gasteiger partial charge on any atom is 0.333 e. The number of Topliss-reactive ketones (excluding diaryl/α,β-unsaturated/α-hetero) is 1. The number of aromatic hydroxyl groups is 1. The number of carbonyl (C=O) groups is 1. The molecule has 0 amide bonds. The van der Waals surface area contributed by atoms with E-state index in [2.05, 4.69) is 4.90 Å². The number of carbonyl (C=O) groups excluding carboxylic acids is 1. The van der Waals surface area contributed by atoms with Crippen LogP contribution in [-0.2, 0) is 18.8 Å². The molecule has 32 heavy (non-hydrogen) atoms. The van der Waals surface area contributed by atoms with E-state index in [1.807, 2.05) is 12.1 Å². The largest absolute Gasteiger partial charge is 0.494 e. The number of hydrogen-bond acceptors (Lipinski definition) is 6. The summed E-state index contributed by atoms with van der Waals surface area (Å²) in [5, 5.41) is 10.7. The van der Waals surface area contributed by atoms with E-state index in [9.17, 15) is 19.5 Å². The van der Waals surface area contributed by atoms with Gasteiger partial charge in [-0.3, -0.25) is 18.7 Å². The van der Waals surface area contributed by atoms with Gasteiger partial charge in [0.05, 0.1) is 13.2 Å². The third-order valence-electron chi connectivity index (χ3n) is 5.76. The van der Waals surface area contributed by atoms with E-state index < -0.39 is 23.2 Å². The first-order chi connectivity index (χ1) is 15.4. The van der Waals surface area contributed by atoms with Crippen molar-refractivity contribution in [3.8, 4) is 5.88 Å². The van der Waals surface area contributed by atoms with E-state index >= 15 is 0 Å². The molecule has 2 aromatic heterocycles. The predicted octanol–water partition coefficient (Wildman–Crippen LogP) is 0.386. The van der Waals surface area contributed by atoms with Crippen molar-refractivity contribution in [1.82, 2.24) is 9.13 Å². The number of morpholine rings is 1. The highest BCUT2D eigenvalue weighted by Gasteiger charge is 2.37. The van der Waals surface area contributed by atoms with Gasteiger partial charge < -0.3 is 14.7 Å². The minimum atomic E-state index is -1.15. The quantitative estimate of drug-likeness (QED) is 0.458. The Labute approximate surface area is 184 Å². The summed E-state index contributed by atoms with van der Waals surface area (Å²) in [6, 6.07) is 11.1. The van der Waals surface area contributed by atoms with E-state index in [0.717, 1.165) is 27.9 Å². The molecule has 0 saturated carbocycles. The maximum atomic E-state index is 13.5. The molecule has 0 radical (unpaired) electrons. The van der Waals surface area contributed by atoms with Crippen LogP contribution in [0.3, 0.4) is 0 Å². The van der Waals surface area contributed by atoms with Crippen LogP contribution in [0.1, 0.15) is 22.0 Å². The van der Waals surface area contributed by atoms with Crippen molar-refractivity contribution in [2.75, 3.05) is 31.2 Å². The predicted molar refractivity (Wildman–Crippen MR) is 117 cm³/mol. The molecule has 1 fully saturated rings. The normalized spacial score (nSPS) is 14.9. The summed E-state index contributed by atoms with van der Waals surface area (Å²) in [6.07, 6.45) is 3.42. The fourth-order valence-corrected chi connectivity index (χ4v) is 3.91. The zero-order chi connectivity index (χ0) is 22.8. The molecule has 1 saturated heterocycles. The number of nitrogens with zero attached hydrogens (tertiary/aromatic N) is 4. The second-order valence-corrected chi connectivity index (χ2v) is 7.68. The van der Waals surface area contributed by atoms with Crippen LogP contribution in [0.15, 0.2) is 64.4 Å². The number of anilines is 1. The molecule has 9 heteroatoms. The molecule has 3 heterocycles. The van der Waals surface area contributed by atoms with E-state index in [1.165, 1.54) is 14.1 Å². The monoisotopic (exact) mass is 437 g/mol. The van der Waals surface area contributed by atoms with Crippen molar-refractivity contribution >= 4 is 11.5 Å². The fraction of sp³-hybridized carbons (Fsp3) is 0.304. The summed E-state index contributed by atoms with van der Waals surface area (Å²) in [5.74, 6) is -0.905. The lowest BCUT2D eigenvalue weighted by atomic mass is 9.98. The number of pyridine rings is 1. The van der Waals surface area contributed by atoms with Gasteiger partial charge in [-0.2, -0.15) is 4.57 Å². The Morgan fingerprint density at radius 1 is 1.00 bits per heavy atom. The molecule has 1 aliphatic rings. The Bertz CT molecular complexity index is 1240. The minimum Gasteiger partial charge on any atom is -0.494 e. The van der Waals surface area contributed by atoms with Gasteiger partial charge in [-0.15, -0.1) is 0 Å². The summed E-state index contributed by atoms with van der Waals surface area (Å²) in [5.41, 5.74) is -0.197. The van der Waals surface area contributed by atoms with Gasteiger partial charge in [0.15, 0.2) is 18.0 Å². The lowest BCUT2D eigenvalue weighted by molar-refractivity contribution is -0.699. The first-order valence-electron chi connectivity index (χ1n) is 10.3. The van der Waals surface area contributed by atoms with Crippen molar-refractivity contribution in [2.24, 2.45) is 14.1 Å². The lowest BCUT2D eigenvalue weighted by Gasteiger charge is -2.28. The summed E-state index contributed by atoms with van der Waals surface area (Å²) in [6.45, 7) is 2.81. The third-order valence-corrected chi connectivity index (χ3v) is 5.76. The Morgan fingerprint density at radius 2 is 1.62 bits per heavy atom. The molecule has 1 atom stereocenters. The molecule has 3 aromatic rings. The second kappa shape index (κ2) is 8.80. The molecule has 166 valence electrons. The standard InChI is InChI=1S/C23H24N4O5/c1-24-21(29)18(22(30)25(2)23(24)31)19(20(28)16-6-4-3-5-7-16)27-10-8-17(9-11-27)26-12-14-32-15-13-26/h3-11,19H,12-15H2,1-2H3/p+1. The summed E-state index contributed by atoms with van der Waals surface area (Å²) < 4.78 is 8.83. The Kier molecular flexibility index (Phi) is 5.91. The number of aromatic nitrogens is 3. The first-order valence-corrected chi connectivity index (χ1v) is 10.3. The molecule has 1 N–H and O–H groups in total. The van der Waals surface area contributed by atoms with Crippen LogP contribution < -0.4 is 20.7 Å². The SMILES string of the molecule is Cn1c(O)c(C(C(=O)c2ccccc2)[n+]2ccc(N3CCOCC3)cc2)c(=O)n(C)c1=O. The number of hydrogen-bond donors (Lipinski definition) is 1. The highest BCUT2D eigenvalue weighted by Crippen LogP contribution is 2.23. The van der Waals surface area contributed by atoms with Gasteiger partial charge in [-0.1, -0.05) is 30.3 Å². The number of ether oxygens (including phenoxy) is 1. The molecule has 0 bridgehead atoms. The van der Waals surface area contributed by atoms with Crippen LogP contribution in [0.4, 0.5) is 5.69 Å². The minimum absolute atomic E-state index is 0.160. The van der Waals surface area contributed by atoms with Crippen LogP contribution >= 0.6 is 0 Å². The second-order valence-electron chi connectivity index (χ2n) is 7.68. The van der Waals surface area contributed by atoms with E-state index in [-0.39, 0.29) is 11.3 Å². The van der Waals surface area contributed by atoms with Gasteiger partial charge in [0.2, 0.25) is 11.7 Å². The Hall–Kier alpha value is -3.72. The molecule has 1 unspecified atom stereocenters. The average Bonchev–Trinajstić information content (AvgIpc) is 2.85. The molecule has 0 spiro atoms. The first kappa shape index (κ1) is 21.5. The van der Waals surface area contributed by atoms with Gasteiger partial charge in [0.25, 0.3) is 11.6 Å². The summed E-state index contributed by atoms with van der Waals surface area (Å²) >= 11 is 0. The van der Waals surface area contributed by atoms with Crippen LogP contribution in [0, 0.1) is 0 Å². The third kappa shape index (κ3) is 3.82. The summed E-state index contributed by atoms with van der Waals surface area (Å²) in [7, 11) is 2.68. The van der Waals surface area contributed by atoms with Gasteiger partial charge in [0, 0.05) is 50.6 Å². The summed E-state index contributed by atoms with van der Waals surface area (Å²) in [4.78, 5) is 41.0. The average molecular weight is 437 g/mol. The zero-order valence-electron chi connectivity index (χ0n) is 18.0. The zero-order valence-corrected chi connectivity index (χ0v) is 18.0. The topological polar surface area (TPSA) is 97.7 Å². The van der Waals surface area contributed by atoms with Crippen LogP contribution in [0.2, 0.25) is 0 Å². The molecule has 0 aliphatic carbocycles. The van der Waals surface area contributed by atoms with E-state index in [0.29, 0.717) is 18.8 Å². The highest BCUT2D eigenvalue weighted by molar-refractivity contribution is 6.00. The molecule has 9 nitrogen and oxygen atoms in total. The van der Waals surface area contributed by atoms with Crippen LogP contribution in [0.25, 0.3) is 0 Å². The molecule has 4 rings (SSSR count). The number of ketones is 1. The highest BCUT2D eigenvalue weighted by atomic mass is 16.5. The van der Waals surface area contributed by atoms with Crippen molar-refractivity contribution in [3.05, 3.63) is 86.8 Å². The van der Waals surface area contributed by atoms with E-state index in [1.54, 1.807) is 47.3 Å². The van der Waals surface area contributed by atoms with Gasteiger partial charge in [0.1, 0.15) is 0 Å². The number of benzene rings is 1. The molecular weight excluding hydrogens is 412 g/mol. The van der Waals surface area contributed by atoms with Crippen molar-refractivity contribution < 1.29 is 19.2 Å². The fourth-order valence-electron chi connectivity index (χ4n) is 3.91. The van der Waals surface area contributed by atoms with E-state index in [4.69, 9.17) is 4.74 Å². The Morgan fingerprint density at radius 3 is 2.25 bits per heavy atom. The van der Waals surface area contributed by atoms with Crippen molar-refractivity contribution in [1.29, 1.82) is 0 Å². The molecule has 1 aliphatic heterocycles. The lowest BCUT2D eigenvalue weighted by Crippen LogP contribution is -2.50. The number of rotatable bonds is 5.